The number of fused-ring (bicyclic) bond motifs is 1. The number of carbonyl (C=O) groups is 1. The van der Waals surface area contributed by atoms with E-state index >= 15 is 0 Å². The van der Waals surface area contributed by atoms with Crippen molar-refractivity contribution in [1.82, 2.24) is 15.3 Å². The molecule has 0 saturated heterocycles. The van der Waals surface area contributed by atoms with Gasteiger partial charge in [0.15, 0.2) is 0 Å². The molecule has 0 bridgehead atoms. The van der Waals surface area contributed by atoms with E-state index in [4.69, 9.17) is 4.74 Å². The minimum absolute atomic E-state index is 0.156. The van der Waals surface area contributed by atoms with E-state index in [-0.39, 0.29) is 24.4 Å². The lowest BCUT2D eigenvalue weighted by molar-refractivity contribution is 0.0933. The van der Waals surface area contributed by atoms with Crippen molar-refractivity contribution >= 4 is 5.91 Å². The molecule has 3 aromatic rings. The van der Waals surface area contributed by atoms with Gasteiger partial charge in [-0.3, -0.25) is 9.78 Å². The first-order valence-corrected chi connectivity index (χ1v) is 9.97. The summed E-state index contributed by atoms with van der Waals surface area (Å²) in [6.07, 6.45) is 1.75. The smallest absolute Gasteiger partial charge is 0.251 e. The number of carbonyl (C=O) groups excluding carboxylic acids is 1. The zero-order valence-electron chi connectivity index (χ0n) is 17.5. The van der Waals surface area contributed by atoms with Crippen LogP contribution in [0.4, 0.5) is 4.39 Å². The summed E-state index contributed by atoms with van der Waals surface area (Å²) in [4.78, 5) is 21.6. The highest BCUT2D eigenvalue weighted by Crippen LogP contribution is 2.40. The van der Waals surface area contributed by atoms with Crippen molar-refractivity contribution in [3.8, 4) is 17.0 Å². The van der Waals surface area contributed by atoms with Crippen LogP contribution >= 0.6 is 0 Å². The number of nitrogens with one attached hydrogen (secondary N) is 1. The van der Waals surface area contributed by atoms with Gasteiger partial charge in [0.25, 0.3) is 5.91 Å². The summed E-state index contributed by atoms with van der Waals surface area (Å²) in [7, 11) is 0. The first kappa shape index (κ1) is 20.0. The number of nitrogens with zero attached hydrogens (tertiary/aromatic N) is 2. The molecule has 6 heteroatoms. The predicted octanol–water partition coefficient (Wildman–Crippen LogP) is 4.25. The molecule has 0 saturated carbocycles. The molecule has 0 spiro atoms. The van der Waals surface area contributed by atoms with Gasteiger partial charge in [-0.15, -0.1) is 0 Å². The van der Waals surface area contributed by atoms with Crippen LogP contribution in [-0.2, 0) is 6.42 Å². The number of aromatic nitrogens is 2. The predicted molar refractivity (Wildman–Crippen MR) is 113 cm³/mol. The molecule has 2 aromatic carbocycles. The minimum atomic E-state index is -0.345. The van der Waals surface area contributed by atoms with Gasteiger partial charge in [0.1, 0.15) is 17.7 Å². The standard InChI is InChI=1S/C24H24FN3O2/c1-13-5-6-14(2)19(9-13)24(29)27-12-17-10-20-21(25)8-7-18(23(20)30-17)22-16(4)26-11-15(3)28-22/h5-9,11,17H,10,12H2,1-4H3,(H,27,29). The zero-order valence-corrected chi connectivity index (χ0v) is 17.5. The Bertz CT molecular complexity index is 1140. The number of ether oxygens (including phenoxy) is 1. The molecule has 4 rings (SSSR count). The van der Waals surface area contributed by atoms with E-state index < -0.39 is 0 Å². The van der Waals surface area contributed by atoms with Gasteiger partial charge in [0.05, 0.1) is 23.6 Å². The molecule has 1 amide bonds. The normalized spacial score (nSPS) is 14.9. The molecule has 1 aliphatic heterocycles. The Morgan fingerprint density at radius 2 is 2.00 bits per heavy atom. The monoisotopic (exact) mass is 405 g/mol. The molecular weight excluding hydrogens is 381 g/mol. The Morgan fingerprint density at radius 1 is 1.20 bits per heavy atom. The minimum Gasteiger partial charge on any atom is -0.487 e. The van der Waals surface area contributed by atoms with Crippen molar-refractivity contribution in [3.05, 3.63) is 76.0 Å². The third-order valence-corrected chi connectivity index (χ3v) is 5.38. The van der Waals surface area contributed by atoms with E-state index in [1.807, 2.05) is 45.9 Å². The van der Waals surface area contributed by atoms with Crippen molar-refractivity contribution in [2.75, 3.05) is 6.54 Å². The molecule has 1 aliphatic rings. The van der Waals surface area contributed by atoms with Gasteiger partial charge in [-0.2, -0.15) is 0 Å². The van der Waals surface area contributed by atoms with Crippen molar-refractivity contribution in [3.63, 3.8) is 0 Å². The molecule has 1 N–H and O–H groups in total. The van der Waals surface area contributed by atoms with E-state index in [1.165, 1.54) is 6.07 Å². The first-order valence-electron chi connectivity index (χ1n) is 9.97. The Labute approximate surface area is 175 Å². The number of benzene rings is 2. The maximum absolute atomic E-state index is 14.5. The van der Waals surface area contributed by atoms with Crippen molar-refractivity contribution < 1.29 is 13.9 Å². The highest BCUT2D eigenvalue weighted by molar-refractivity contribution is 5.95. The van der Waals surface area contributed by atoms with E-state index in [0.29, 0.717) is 29.0 Å². The summed E-state index contributed by atoms with van der Waals surface area (Å²) in [6.45, 7) is 7.88. The number of hydrogen-bond acceptors (Lipinski definition) is 4. The number of amides is 1. The molecule has 1 unspecified atom stereocenters. The van der Waals surface area contributed by atoms with E-state index in [2.05, 4.69) is 15.3 Å². The second kappa shape index (κ2) is 7.86. The summed E-state index contributed by atoms with van der Waals surface area (Å²) in [6, 6.07) is 8.90. The molecule has 2 heterocycles. The molecule has 0 radical (unpaired) electrons. The lowest BCUT2D eigenvalue weighted by Gasteiger charge is -2.15. The Balaban J connectivity index is 1.55. The van der Waals surface area contributed by atoms with Gasteiger partial charge in [0, 0.05) is 29.3 Å². The third-order valence-electron chi connectivity index (χ3n) is 5.38. The molecule has 5 nitrogen and oxygen atoms in total. The lowest BCUT2D eigenvalue weighted by atomic mass is 10.0. The largest absolute Gasteiger partial charge is 0.487 e. The molecule has 154 valence electrons. The molecule has 0 aliphatic carbocycles. The molecular formula is C24H24FN3O2. The first-order chi connectivity index (χ1) is 14.3. The fourth-order valence-corrected chi connectivity index (χ4v) is 3.74. The molecule has 1 aromatic heterocycles. The maximum Gasteiger partial charge on any atom is 0.251 e. The van der Waals surface area contributed by atoms with Gasteiger partial charge in [-0.1, -0.05) is 17.7 Å². The average Bonchev–Trinajstić information content (AvgIpc) is 3.15. The van der Waals surface area contributed by atoms with Gasteiger partial charge in [0.2, 0.25) is 0 Å². The van der Waals surface area contributed by atoms with Crippen LogP contribution in [0.15, 0.2) is 36.5 Å². The van der Waals surface area contributed by atoms with E-state index in [9.17, 15) is 9.18 Å². The quantitative estimate of drug-likeness (QED) is 0.705. The summed E-state index contributed by atoms with van der Waals surface area (Å²) in [5.74, 6) is 0.0243. The molecule has 30 heavy (non-hydrogen) atoms. The number of hydrogen-bond donors (Lipinski definition) is 1. The molecule has 0 fully saturated rings. The van der Waals surface area contributed by atoms with Crippen LogP contribution in [0.2, 0.25) is 0 Å². The third kappa shape index (κ3) is 3.77. The summed E-state index contributed by atoms with van der Waals surface area (Å²) >= 11 is 0. The number of aryl methyl sites for hydroxylation is 4. The van der Waals surface area contributed by atoms with Crippen molar-refractivity contribution in [1.29, 1.82) is 0 Å². The Hall–Kier alpha value is -3.28. The topological polar surface area (TPSA) is 64.1 Å². The Morgan fingerprint density at radius 3 is 2.80 bits per heavy atom. The van der Waals surface area contributed by atoms with Crippen LogP contribution in [0.25, 0.3) is 11.3 Å². The zero-order chi connectivity index (χ0) is 21.4. The van der Waals surface area contributed by atoms with Crippen molar-refractivity contribution in [2.45, 2.75) is 40.2 Å². The molecule has 1 atom stereocenters. The fraction of sp³-hybridized carbons (Fsp3) is 0.292. The van der Waals surface area contributed by atoms with Gasteiger partial charge < -0.3 is 10.1 Å². The number of halogens is 1. The summed E-state index contributed by atoms with van der Waals surface area (Å²) in [5.41, 5.74) is 6.04. The van der Waals surface area contributed by atoms with Crippen LogP contribution < -0.4 is 10.1 Å². The second-order valence-corrected chi connectivity index (χ2v) is 7.82. The highest BCUT2D eigenvalue weighted by Gasteiger charge is 2.30. The average molecular weight is 405 g/mol. The van der Waals surface area contributed by atoms with Crippen LogP contribution in [0.1, 0.15) is 38.4 Å². The van der Waals surface area contributed by atoms with Crippen LogP contribution in [-0.4, -0.2) is 28.5 Å². The van der Waals surface area contributed by atoms with E-state index in [0.717, 1.165) is 28.1 Å². The van der Waals surface area contributed by atoms with Gasteiger partial charge >= 0.3 is 0 Å². The van der Waals surface area contributed by atoms with Crippen molar-refractivity contribution in [2.24, 2.45) is 0 Å². The lowest BCUT2D eigenvalue weighted by Crippen LogP contribution is -2.34. The fourth-order valence-electron chi connectivity index (χ4n) is 3.74. The maximum atomic E-state index is 14.5. The van der Waals surface area contributed by atoms with Crippen LogP contribution in [0.3, 0.4) is 0 Å². The summed E-state index contributed by atoms with van der Waals surface area (Å²) in [5, 5.41) is 2.93. The SMILES string of the molecule is Cc1ccc(C)c(C(=O)NCC2Cc3c(F)ccc(-c4nc(C)cnc4C)c3O2)c1. The highest BCUT2D eigenvalue weighted by atomic mass is 19.1. The van der Waals surface area contributed by atoms with Crippen LogP contribution in [0, 0.1) is 33.5 Å². The second-order valence-electron chi connectivity index (χ2n) is 7.82. The number of rotatable bonds is 4. The van der Waals surface area contributed by atoms with E-state index in [1.54, 1.807) is 12.3 Å². The summed E-state index contributed by atoms with van der Waals surface area (Å²) < 4.78 is 20.6. The van der Waals surface area contributed by atoms with Gasteiger partial charge in [-0.05, 0) is 51.5 Å². The Kier molecular flexibility index (Phi) is 5.24. The van der Waals surface area contributed by atoms with Gasteiger partial charge in [-0.25, -0.2) is 9.37 Å². The van der Waals surface area contributed by atoms with Crippen LogP contribution in [0.5, 0.6) is 5.75 Å².